The summed E-state index contributed by atoms with van der Waals surface area (Å²) >= 11 is 1.65. The second-order valence-corrected chi connectivity index (χ2v) is 7.65. The number of hydrogen-bond donors (Lipinski definition) is 0. The molecule has 27 heavy (non-hydrogen) atoms. The molecule has 1 aliphatic rings. The van der Waals surface area contributed by atoms with Crippen LogP contribution in [0.2, 0.25) is 0 Å². The molecule has 8 heteroatoms. The number of nitrogens with zero attached hydrogens (tertiary/aromatic N) is 3. The minimum atomic E-state index is -0.125. The number of fused-ring (bicyclic) bond motifs is 1. The fraction of sp³-hybridized carbons (Fsp3) is 0.421. The number of aromatic nitrogens is 2. The number of rotatable bonds is 5. The average Bonchev–Trinajstić information content (AvgIpc) is 3.31. The summed E-state index contributed by atoms with van der Waals surface area (Å²) in [5, 5.41) is 1.02. The van der Waals surface area contributed by atoms with Crippen LogP contribution in [-0.4, -0.2) is 46.6 Å². The Morgan fingerprint density at radius 2 is 2.30 bits per heavy atom. The third kappa shape index (κ3) is 3.81. The smallest absolute Gasteiger partial charge is 0.276 e. The first-order chi connectivity index (χ1) is 13.1. The summed E-state index contributed by atoms with van der Waals surface area (Å²) in [4.78, 5) is 23.3. The summed E-state index contributed by atoms with van der Waals surface area (Å²) in [5.41, 5.74) is 1.22. The largest absolute Gasteiger partial charge is 0.484 e. The molecular weight excluding hydrogens is 366 g/mol. The van der Waals surface area contributed by atoms with Gasteiger partial charge in [0.15, 0.2) is 12.3 Å². The van der Waals surface area contributed by atoms with Crippen LogP contribution < -0.4 is 4.74 Å². The number of aryl methyl sites for hydroxylation is 1. The van der Waals surface area contributed by atoms with E-state index in [4.69, 9.17) is 13.9 Å². The lowest BCUT2D eigenvalue weighted by Crippen LogP contribution is -2.48. The Morgan fingerprint density at radius 1 is 1.41 bits per heavy atom. The van der Waals surface area contributed by atoms with Crippen LogP contribution in [-0.2, 0) is 11.3 Å². The Labute approximate surface area is 160 Å². The van der Waals surface area contributed by atoms with E-state index in [1.54, 1.807) is 11.3 Å². The molecule has 142 valence electrons. The van der Waals surface area contributed by atoms with Crippen molar-refractivity contribution in [2.24, 2.45) is 0 Å². The summed E-state index contributed by atoms with van der Waals surface area (Å²) in [7, 11) is 0. The number of oxazole rings is 1. The molecule has 7 nitrogen and oxygen atoms in total. The zero-order chi connectivity index (χ0) is 18.8. The average molecular weight is 387 g/mol. The van der Waals surface area contributed by atoms with Gasteiger partial charge in [-0.15, -0.1) is 11.3 Å². The number of carbonyl (C=O) groups is 1. The molecule has 3 heterocycles. The molecule has 0 unspecified atom stereocenters. The Balaban J connectivity index is 1.41. The maximum absolute atomic E-state index is 12.7. The molecule has 1 atom stereocenters. The van der Waals surface area contributed by atoms with Crippen LogP contribution in [0.1, 0.15) is 34.7 Å². The highest BCUT2D eigenvalue weighted by Crippen LogP contribution is 2.26. The highest BCUT2D eigenvalue weighted by Gasteiger charge is 2.28. The number of ether oxygens (including phenoxy) is 2. The first-order valence-electron chi connectivity index (χ1n) is 8.97. The van der Waals surface area contributed by atoms with E-state index in [1.165, 1.54) is 6.26 Å². The maximum atomic E-state index is 12.7. The topological polar surface area (TPSA) is 77.7 Å². The van der Waals surface area contributed by atoms with Gasteiger partial charge in [-0.25, -0.2) is 9.97 Å². The molecule has 2 aromatic heterocycles. The molecule has 1 aliphatic heterocycles. The van der Waals surface area contributed by atoms with Gasteiger partial charge in [-0.3, -0.25) is 4.79 Å². The first-order valence-corrected chi connectivity index (χ1v) is 9.79. The molecule has 0 saturated carbocycles. The SMILES string of the molecule is CC[C@@H]1COCCN1C(=O)c1coc(COc2ccc3sc(C)nc3c2)n1. The molecule has 0 bridgehead atoms. The van der Waals surface area contributed by atoms with Crippen LogP contribution in [0.5, 0.6) is 5.75 Å². The third-order valence-corrected chi connectivity index (χ3v) is 5.51. The summed E-state index contributed by atoms with van der Waals surface area (Å²) in [5.74, 6) is 0.937. The van der Waals surface area contributed by atoms with Crippen molar-refractivity contribution in [2.45, 2.75) is 32.9 Å². The van der Waals surface area contributed by atoms with E-state index in [0.717, 1.165) is 21.6 Å². The van der Waals surface area contributed by atoms with Crippen molar-refractivity contribution in [2.75, 3.05) is 19.8 Å². The van der Waals surface area contributed by atoms with Crippen molar-refractivity contribution in [1.29, 1.82) is 0 Å². The summed E-state index contributed by atoms with van der Waals surface area (Å²) in [6, 6.07) is 5.86. The van der Waals surface area contributed by atoms with Crippen LogP contribution in [0.15, 0.2) is 28.9 Å². The third-order valence-electron chi connectivity index (χ3n) is 4.56. The highest BCUT2D eigenvalue weighted by atomic mass is 32.1. The Morgan fingerprint density at radius 3 is 3.15 bits per heavy atom. The van der Waals surface area contributed by atoms with Crippen molar-refractivity contribution >= 4 is 27.5 Å². The van der Waals surface area contributed by atoms with Gasteiger partial charge in [0.1, 0.15) is 12.0 Å². The molecule has 0 spiro atoms. The molecule has 1 aromatic carbocycles. The molecule has 0 radical (unpaired) electrons. The maximum Gasteiger partial charge on any atom is 0.276 e. The van der Waals surface area contributed by atoms with Crippen molar-refractivity contribution in [1.82, 2.24) is 14.9 Å². The minimum absolute atomic E-state index is 0.0796. The van der Waals surface area contributed by atoms with Gasteiger partial charge >= 0.3 is 0 Å². The zero-order valence-electron chi connectivity index (χ0n) is 15.3. The molecule has 1 fully saturated rings. The molecule has 4 rings (SSSR count). The van der Waals surface area contributed by atoms with Crippen LogP contribution in [0.4, 0.5) is 0 Å². The van der Waals surface area contributed by atoms with Crippen molar-refractivity contribution in [3.63, 3.8) is 0 Å². The second-order valence-electron chi connectivity index (χ2n) is 6.41. The molecule has 0 aliphatic carbocycles. The van der Waals surface area contributed by atoms with Crippen molar-refractivity contribution in [3.8, 4) is 5.75 Å². The summed E-state index contributed by atoms with van der Waals surface area (Å²) < 4.78 is 17.8. The van der Waals surface area contributed by atoms with Crippen molar-refractivity contribution < 1.29 is 18.7 Å². The first kappa shape index (κ1) is 17.9. The second kappa shape index (κ2) is 7.66. The van der Waals surface area contributed by atoms with E-state index < -0.39 is 0 Å². The van der Waals surface area contributed by atoms with Gasteiger partial charge < -0.3 is 18.8 Å². The van der Waals surface area contributed by atoms with E-state index in [-0.39, 0.29) is 18.6 Å². The molecule has 0 N–H and O–H groups in total. The number of hydrogen-bond acceptors (Lipinski definition) is 7. The normalized spacial score (nSPS) is 17.4. The molecule has 1 saturated heterocycles. The van der Waals surface area contributed by atoms with Crippen LogP contribution in [0.25, 0.3) is 10.2 Å². The standard InChI is InChI=1S/C19H21N3O4S/c1-3-13-9-24-7-6-22(13)19(23)16-10-26-18(21-16)11-25-14-4-5-17-15(8-14)20-12(2)27-17/h4-5,8,10,13H,3,6-7,9,11H2,1-2H3/t13-/m1/s1. The quantitative estimate of drug-likeness (QED) is 0.668. The monoisotopic (exact) mass is 387 g/mol. The minimum Gasteiger partial charge on any atom is -0.484 e. The lowest BCUT2D eigenvalue weighted by molar-refractivity contribution is -0.00311. The van der Waals surface area contributed by atoms with E-state index in [2.05, 4.69) is 9.97 Å². The van der Waals surface area contributed by atoms with E-state index >= 15 is 0 Å². The van der Waals surface area contributed by atoms with Crippen LogP contribution in [0.3, 0.4) is 0 Å². The van der Waals surface area contributed by atoms with E-state index in [9.17, 15) is 4.79 Å². The predicted molar refractivity (Wildman–Crippen MR) is 101 cm³/mol. The summed E-state index contributed by atoms with van der Waals surface area (Å²) in [6.45, 7) is 5.87. The molecule has 3 aromatic rings. The van der Waals surface area contributed by atoms with Crippen molar-refractivity contribution in [3.05, 3.63) is 41.1 Å². The number of thiazole rings is 1. The lowest BCUT2D eigenvalue weighted by atomic mass is 10.1. The predicted octanol–water partition coefficient (Wildman–Crippen LogP) is 3.42. The Kier molecular flexibility index (Phi) is 5.09. The zero-order valence-corrected chi connectivity index (χ0v) is 16.1. The number of amides is 1. The van der Waals surface area contributed by atoms with Crippen LogP contribution >= 0.6 is 11.3 Å². The Hall–Kier alpha value is -2.45. The van der Waals surface area contributed by atoms with Gasteiger partial charge in [0, 0.05) is 12.6 Å². The number of carbonyl (C=O) groups excluding carboxylic acids is 1. The van der Waals surface area contributed by atoms with E-state index in [1.807, 2.05) is 36.9 Å². The highest BCUT2D eigenvalue weighted by molar-refractivity contribution is 7.18. The number of benzene rings is 1. The lowest BCUT2D eigenvalue weighted by Gasteiger charge is -2.34. The van der Waals surface area contributed by atoms with Gasteiger partial charge in [0.25, 0.3) is 5.91 Å². The number of morpholine rings is 1. The van der Waals surface area contributed by atoms with Gasteiger partial charge in [0.05, 0.1) is 34.5 Å². The van der Waals surface area contributed by atoms with Gasteiger partial charge in [-0.1, -0.05) is 6.92 Å². The summed E-state index contributed by atoms with van der Waals surface area (Å²) in [6.07, 6.45) is 2.24. The molecular formula is C19H21N3O4S. The van der Waals surface area contributed by atoms with Gasteiger partial charge in [-0.2, -0.15) is 0 Å². The van der Waals surface area contributed by atoms with E-state index in [0.29, 0.717) is 37.1 Å². The molecule has 1 amide bonds. The fourth-order valence-corrected chi connectivity index (χ4v) is 3.95. The Bertz CT molecular complexity index is 951. The van der Waals surface area contributed by atoms with Gasteiger partial charge in [-0.05, 0) is 25.5 Å². The fourth-order valence-electron chi connectivity index (χ4n) is 3.14. The van der Waals surface area contributed by atoms with Gasteiger partial charge in [0.2, 0.25) is 5.89 Å². The van der Waals surface area contributed by atoms with Crippen LogP contribution in [0, 0.1) is 6.92 Å².